The van der Waals surface area contributed by atoms with Crippen molar-refractivity contribution in [2.75, 3.05) is 0 Å². The van der Waals surface area contributed by atoms with Gasteiger partial charge in [0, 0.05) is 0 Å². The highest BCUT2D eigenvalue weighted by atomic mass is 35.6. The van der Waals surface area contributed by atoms with Crippen LogP contribution in [0.2, 0.25) is 5.28 Å². The maximum absolute atomic E-state index is 6.05. The summed E-state index contributed by atoms with van der Waals surface area (Å²) in [5, 5.41) is 0.947. The zero-order valence-corrected chi connectivity index (χ0v) is 11.8. The van der Waals surface area contributed by atoms with E-state index < -0.39 is 13.6 Å². The van der Waals surface area contributed by atoms with Crippen molar-refractivity contribution in [3.05, 3.63) is 29.8 Å². The summed E-state index contributed by atoms with van der Waals surface area (Å²) in [7, 11) is 6.05. The van der Waals surface area contributed by atoms with Gasteiger partial charge < -0.3 is 3.79 Å². The van der Waals surface area contributed by atoms with Gasteiger partial charge in [0.05, 0.1) is 5.75 Å². The summed E-state index contributed by atoms with van der Waals surface area (Å²) in [5.74, 6) is 0.900. The third kappa shape index (κ3) is 4.07. The molecule has 0 spiro atoms. The van der Waals surface area contributed by atoms with Gasteiger partial charge in [0.15, 0.2) is 0 Å². The van der Waals surface area contributed by atoms with Gasteiger partial charge in [-0.1, -0.05) is 39.8 Å². The lowest BCUT2D eigenvalue weighted by Crippen LogP contribution is -2.13. The first-order chi connectivity index (χ1) is 6.93. The Labute approximate surface area is 101 Å². The van der Waals surface area contributed by atoms with Crippen LogP contribution in [0.1, 0.15) is 33.3 Å². The lowest BCUT2D eigenvalue weighted by molar-refractivity contribution is 0.574. The molecule has 82 valence electrons. The van der Waals surface area contributed by atoms with Gasteiger partial charge in [-0.3, -0.25) is 0 Å². The number of rotatable bonds is 3. The number of halogens is 1. The van der Waals surface area contributed by atoms with E-state index in [0.717, 1.165) is 11.0 Å². The molecule has 1 aromatic rings. The van der Waals surface area contributed by atoms with Crippen LogP contribution < -0.4 is 3.79 Å². The van der Waals surface area contributed by atoms with Crippen LogP contribution in [0.15, 0.2) is 24.3 Å². The van der Waals surface area contributed by atoms with Gasteiger partial charge in [-0.25, -0.2) is 10.0 Å². The molecule has 0 saturated heterocycles. The Bertz CT molecular complexity index is 302. The quantitative estimate of drug-likeness (QED) is 0.723. The van der Waals surface area contributed by atoms with Crippen LogP contribution in [0.25, 0.3) is 0 Å². The second kappa shape index (κ2) is 5.26. The fraction of sp³-hybridized carbons (Fsp3) is 0.500. The molecular weight excluding hydrogens is 223 g/mol. The minimum atomic E-state index is -1.49. The Morgan fingerprint density at radius 2 is 1.73 bits per heavy atom. The largest absolute Gasteiger partial charge is 0.679 e. The smallest absolute Gasteiger partial charge is 0.632 e. The maximum atomic E-state index is 6.05. The molecule has 0 aliphatic rings. The monoisotopic (exact) mass is 240 g/mol. The lowest BCUT2D eigenvalue weighted by Gasteiger charge is -2.19. The molecule has 0 bridgehead atoms. The molecule has 0 heterocycles. The Morgan fingerprint density at radius 1 is 1.20 bits per heavy atom. The van der Waals surface area contributed by atoms with Crippen molar-refractivity contribution in [3.63, 3.8) is 0 Å². The molecule has 0 fully saturated rings. The summed E-state index contributed by atoms with van der Waals surface area (Å²) < 4.78 is 5.64. The number of benzene rings is 1. The van der Waals surface area contributed by atoms with Crippen LogP contribution in [0.5, 0.6) is 5.75 Å². The predicted octanol–water partition coefficient (Wildman–Crippen LogP) is 4.11. The third-order valence-corrected chi connectivity index (χ3v) is 4.67. The second-order valence-corrected chi connectivity index (χ2v) is 8.04. The van der Waals surface area contributed by atoms with Gasteiger partial charge in [-0.15, -0.1) is 0 Å². The molecular formula is C12H18AlClO. The Morgan fingerprint density at radius 3 is 2.13 bits per heavy atom. The summed E-state index contributed by atoms with van der Waals surface area (Å²) in [6, 6.07) is 8.25. The molecule has 0 amide bonds. The minimum Gasteiger partial charge on any atom is -0.632 e. The first-order valence-corrected chi connectivity index (χ1v) is 8.38. The van der Waals surface area contributed by atoms with E-state index in [1.165, 1.54) is 5.56 Å². The number of hydrogen-bond donors (Lipinski definition) is 0. The summed E-state index contributed by atoms with van der Waals surface area (Å²) in [6.07, 6.45) is 0. The van der Waals surface area contributed by atoms with Crippen molar-refractivity contribution < 1.29 is 3.79 Å². The normalized spacial score (nSPS) is 11.3. The van der Waals surface area contributed by atoms with Gasteiger partial charge in [0.25, 0.3) is 0 Å². The van der Waals surface area contributed by atoms with Crippen molar-refractivity contribution in [2.24, 2.45) is 0 Å². The van der Waals surface area contributed by atoms with E-state index in [1.807, 2.05) is 12.1 Å². The van der Waals surface area contributed by atoms with E-state index in [1.54, 1.807) is 0 Å². The van der Waals surface area contributed by atoms with Gasteiger partial charge in [0.1, 0.15) is 0 Å². The van der Waals surface area contributed by atoms with Crippen LogP contribution in [0.3, 0.4) is 0 Å². The molecule has 1 rings (SSSR count). The SMILES string of the molecule is C[CH2][Al]([Cl])[O]c1ccc(C(C)(C)C)cc1. The van der Waals surface area contributed by atoms with Crippen molar-refractivity contribution in [1.29, 1.82) is 0 Å². The molecule has 15 heavy (non-hydrogen) atoms. The zero-order chi connectivity index (χ0) is 11.5. The van der Waals surface area contributed by atoms with Crippen molar-refractivity contribution >= 4 is 23.6 Å². The van der Waals surface area contributed by atoms with Crippen LogP contribution in [-0.2, 0) is 5.41 Å². The molecule has 0 N–H and O–H groups in total. The molecule has 1 nitrogen and oxygen atoms in total. The van der Waals surface area contributed by atoms with E-state index in [0.29, 0.717) is 0 Å². The van der Waals surface area contributed by atoms with Gasteiger partial charge in [-0.2, -0.15) is 0 Å². The van der Waals surface area contributed by atoms with Gasteiger partial charge in [-0.05, 0) is 28.4 Å². The van der Waals surface area contributed by atoms with Crippen molar-refractivity contribution in [1.82, 2.24) is 0 Å². The summed E-state index contributed by atoms with van der Waals surface area (Å²) >= 11 is -1.49. The second-order valence-electron chi connectivity index (χ2n) is 4.71. The third-order valence-electron chi connectivity index (χ3n) is 2.31. The summed E-state index contributed by atoms with van der Waals surface area (Å²) in [6.45, 7) is 8.67. The minimum absolute atomic E-state index is 0.196. The average molecular weight is 241 g/mol. The standard InChI is InChI=1S/C10H14O.C2H5.Al.ClH/c1-10(2,3)8-4-6-9(11)7-5-8;1-2;;/h4-7,11H,1-3H3;1H2,2H3;;1H/q;;+2;/p-2. The molecule has 3 heteroatoms. The lowest BCUT2D eigenvalue weighted by atomic mass is 9.87. The number of hydrogen-bond acceptors (Lipinski definition) is 1. The van der Waals surface area contributed by atoms with E-state index in [-0.39, 0.29) is 5.41 Å². The molecule has 0 aromatic heterocycles. The summed E-state index contributed by atoms with van der Waals surface area (Å²) in [5.41, 5.74) is 1.51. The van der Waals surface area contributed by atoms with E-state index in [9.17, 15) is 0 Å². The van der Waals surface area contributed by atoms with Crippen LogP contribution in [-0.4, -0.2) is 13.6 Å². The van der Waals surface area contributed by atoms with Crippen LogP contribution in [0, 0.1) is 0 Å². The van der Waals surface area contributed by atoms with Crippen molar-refractivity contribution in [2.45, 2.75) is 38.4 Å². The topological polar surface area (TPSA) is 9.23 Å². The summed E-state index contributed by atoms with van der Waals surface area (Å²) in [4.78, 5) is 0. The molecule has 0 unspecified atom stereocenters. The van der Waals surface area contributed by atoms with E-state index >= 15 is 0 Å². The van der Waals surface area contributed by atoms with Gasteiger partial charge in [0.2, 0.25) is 0 Å². The maximum Gasteiger partial charge on any atom is 0.679 e. The highest BCUT2D eigenvalue weighted by molar-refractivity contribution is 7.03. The van der Waals surface area contributed by atoms with E-state index in [2.05, 4.69) is 39.8 Å². The Balaban J connectivity index is 2.73. The zero-order valence-electron chi connectivity index (χ0n) is 9.88. The van der Waals surface area contributed by atoms with E-state index in [4.69, 9.17) is 13.8 Å². The predicted molar refractivity (Wildman–Crippen MR) is 67.9 cm³/mol. The van der Waals surface area contributed by atoms with Crippen molar-refractivity contribution in [3.8, 4) is 5.75 Å². The first kappa shape index (κ1) is 12.9. The molecule has 0 saturated carbocycles. The molecule has 1 aromatic carbocycles. The molecule has 0 aliphatic carbocycles. The first-order valence-electron chi connectivity index (χ1n) is 5.34. The average Bonchev–Trinajstić information content (AvgIpc) is 2.17. The molecule has 0 aliphatic heterocycles. The fourth-order valence-electron chi connectivity index (χ4n) is 1.26. The highest BCUT2D eigenvalue weighted by Crippen LogP contribution is 2.24. The fourth-order valence-corrected chi connectivity index (χ4v) is 2.19. The molecule has 0 atom stereocenters. The van der Waals surface area contributed by atoms with Crippen LogP contribution in [0.4, 0.5) is 0 Å². The van der Waals surface area contributed by atoms with Gasteiger partial charge >= 0.3 is 13.6 Å². The van der Waals surface area contributed by atoms with Crippen LogP contribution >= 0.6 is 10.0 Å². The Hall–Kier alpha value is -0.158. The molecule has 0 radical (unpaired) electrons. The Kier molecular flexibility index (Phi) is 4.52. The highest BCUT2D eigenvalue weighted by Gasteiger charge is 2.18.